The molecule has 0 radical (unpaired) electrons. The van der Waals surface area contributed by atoms with Gasteiger partial charge in [0.25, 0.3) is 0 Å². The maximum atomic E-state index is 11.7. The molecule has 2 aliphatic carbocycles. The van der Waals surface area contributed by atoms with Gasteiger partial charge in [0.2, 0.25) is 5.91 Å². The Morgan fingerprint density at radius 1 is 1.31 bits per heavy atom. The van der Waals surface area contributed by atoms with Crippen LogP contribution in [0.5, 0.6) is 0 Å². The summed E-state index contributed by atoms with van der Waals surface area (Å²) in [5.74, 6) is 1.69. The lowest BCUT2D eigenvalue weighted by Gasteiger charge is -2.17. The van der Waals surface area contributed by atoms with Crippen molar-refractivity contribution < 1.29 is 9.53 Å². The van der Waals surface area contributed by atoms with Crippen molar-refractivity contribution in [1.29, 1.82) is 0 Å². The minimum absolute atomic E-state index is 0.139. The van der Waals surface area contributed by atoms with Gasteiger partial charge >= 0.3 is 0 Å². The third kappa shape index (κ3) is 3.76. The summed E-state index contributed by atoms with van der Waals surface area (Å²) in [6.45, 7) is 1.81. The van der Waals surface area contributed by atoms with Crippen LogP contribution in [0.3, 0.4) is 0 Å². The lowest BCUT2D eigenvalue weighted by Crippen LogP contribution is -2.43. The SMILES string of the molecule is COCCNCC(=O)NC(C1CC1)C1CC1. The second-order valence-electron chi connectivity index (χ2n) is 4.94. The van der Waals surface area contributed by atoms with Crippen molar-refractivity contribution in [3.05, 3.63) is 0 Å². The van der Waals surface area contributed by atoms with Gasteiger partial charge in [0.15, 0.2) is 0 Å². The van der Waals surface area contributed by atoms with Crippen molar-refractivity contribution in [1.82, 2.24) is 10.6 Å². The zero-order chi connectivity index (χ0) is 11.4. The van der Waals surface area contributed by atoms with Gasteiger partial charge in [-0.25, -0.2) is 0 Å². The Kier molecular flexibility index (Phi) is 4.18. The summed E-state index contributed by atoms with van der Waals surface area (Å²) < 4.78 is 4.91. The molecule has 2 aliphatic rings. The number of methoxy groups -OCH3 is 1. The van der Waals surface area contributed by atoms with Crippen LogP contribution in [-0.4, -0.2) is 38.8 Å². The van der Waals surface area contributed by atoms with Crippen molar-refractivity contribution in [3.63, 3.8) is 0 Å². The molecule has 0 aromatic carbocycles. The van der Waals surface area contributed by atoms with E-state index in [2.05, 4.69) is 10.6 Å². The van der Waals surface area contributed by atoms with Crippen molar-refractivity contribution >= 4 is 5.91 Å². The Morgan fingerprint density at radius 2 is 1.94 bits per heavy atom. The molecule has 0 bridgehead atoms. The summed E-state index contributed by atoms with van der Waals surface area (Å²) in [4.78, 5) is 11.7. The lowest BCUT2D eigenvalue weighted by atomic mass is 10.1. The molecule has 92 valence electrons. The van der Waals surface area contributed by atoms with E-state index in [1.165, 1.54) is 25.7 Å². The van der Waals surface area contributed by atoms with E-state index in [0.717, 1.165) is 18.4 Å². The van der Waals surface area contributed by atoms with E-state index in [1.54, 1.807) is 7.11 Å². The number of hydrogen-bond acceptors (Lipinski definition) is 3. The van der Waals surface area contributed by atoms with Gasteiger partial charge in [0, 0.05) is 19.7 Å². The minimum Gasteiger partial charge on any atom is -0.383 e. The highest BCUT2D eigenvalue weighted by atomic mass is 16.5. The highest BCUT2D eigenvalue weighted by Crippen LogP contribution is 2.44. The van der Waals surface area contributed by atoms with Gasteiger partial charge in [-0.3, -0.25) is 4.79 Å². The maximum absolute atomic E-state index is 11.7. The number of rotatable bonds is 8. The van der Waals surface area contributed by atoms with Crippen LogP contribution in [0, 0.1) is 11.8 Å². The molecule has 1 amide bonds. The molecule has 0 aliphatic heterocycles. The Labute approximate surface area is 97.1 Å². The molecule has 2 fully saturated rings. The van der Waals surface area contributed by atoms with Crippen molar-refractivity contribution in [3.8, 4) is 0 Å². The summed E-state index contributed by atoms with van der Waals surface area (Å²) in [6.07, 6.45) is 5.22. The van der Waals surface area contributed by atoms with Crippen molar-refractivity contribution in [2.45, 2.75) is 31.7 Å². The van der Waals surface area contributed by atoms with E-state index in [-0.39, 0.29) is 5.91 Å². The van der Waals surface area contributed by atoms with Crippen LogP contribution in [0.15, 0.2) is 0 Å². The van der Waals surface area contributed by atoms with Crippen molar-refractivity contribution in [2.75, 3.05) is 26.8 Å². The number of carbonyl (C=O) groups is 1. The molecule has 2 saturated carbocycles. The van der Waals surface area contributed by atoms with Gasteiger partial charge in [0.05, 0.1) is 13.2 Å². The Morgan fingerprint density at radius 3 is 2.44 bits per heavy atom. The lowest BCUT2D eigenvalue weighted by molar-refractivity contribution is -0.121. The van der Waals surface area contributed by atoms with Crippen LogP contribution in [0.2, 0.25) is 0 Å². The Bertz CT molecular complexity index is 225. The summed E-state index contributed by atoms with van der Waals surface area (Å²) in [5, 5.41) is 6.25. The summed E-state index contributed by atoms with van der Waals surface area (Å²) in [5.41, 5.74) is 0. The van der Waals surface area contributed by atoms with Crippen LogP contribution < -0.4 is 10.6 Å². The number of amides is 1. The molecule has 0 heterocycles. The molecule has 0 atom stereocenters. The predicted octanol–water partition coefficient (Wildman–Crippen LogP) is 0.527. The number of carbonyl (C=O) groups excluding carboxylic acids is 1. The molecule has 0 unspecified atom stereocenters. The van der Waals surface area contributed by atoms with Gasteiger partial charge in [-0.1, -0.05) is 0 Å². The number of hydrogen-bond donors (Lipinski definition) is 2. The third-order valence-corrected chi connectivity index (χ3v) is 3.36. The van der Waals surface area contributed by atoms with Crippen molar-refractivity contribution in [2.24, 2.45) is 11.8 Å². The number of ether oxygens (including phenoxy) is 1. The zero-order valence-corrected chi connectivity index (χ0v) is 10.00. The predicted molar refractivity (Wildman–Crippen MR) is 62.1 cm³/mol. The first-order valence-electron chi connectivity index (χ1n) is 6.30. The third-order valence-electron chi connectivity index (χ3n) is 3.36. The molecule has 0 saturated heterocycles. The van der Waals surface area contributed by atoms with Crippen LogP contribution in [0.1, 0.15) is 25.7 Å². The van der Waals surface area contributed by atoms with Gasteiger partial charge < -0.3 is 15.4 Å². The second-order valence-corrected chi connectivity index (χ2v) is 4.94. The summed E-state index contributed by atoms with van der Waals surface area (Å²) in [7, 11) is 1.66. The van der Waals surface area contributed by atoms with E-state index in [9.17, 15) is 4.79 Å². The fourth-order valence-corrected chi connectivity index (χ4v) is 2.14. The first-order valence-corrected chi connectivity index (χ1v) is 6.30. The Balaban J connectivity index is 1.61. The second kappa shape index (κ2) is 5.64. The van der Waals surface area contributed by atoms with Gasteiger partial charge in [0.1, 0.15) is 0 Å². The van der Waals surface area contributed by atoms with E-state index in [1.807, 2.05) is 0 Å². The quantitative estimate of drug-likeness (QED) is 0.594. The van der Waals surface area contributed by atoms with Gasteiger partial charge in [-0.05, 0) is 37.5 Å². The molecule has 0 aromatic heterocycles. The van der Waals surface area contributed by atoms with E-state index in [0.29, 0.717) is 19.2 Å². The highest BCUT2D eigenvalue weighted by Gasteiger charge is 2.41. The average Bonchev–Trinajstić information content (AvgIpc) is 3.15. The molecule has 16 heavy (non-hydrogen) atoms. The smallest absolute Gasteiger partial charge is 0.234 e. The Hall–Kier alpha value is -0.610. The standard InChI is InChI=1S/C12H22N2O2/c1-16-7-6-13-8-11(15)14-12(9-2-3-9)10-4-5-10/h9-10,12-13H,2-8H2,1H3,(H,14,15). The van der Waals surface area contributed by atoms with Crippen LogP contribution >= 0.6 is 0 Å². The fourth-order valence-electron chi connectivity index (χ4n) is 2.14. The summed E-state index contributed by atoms with van der Waals surface area (Å²) in [6, 6.07) is 0.469. The van der Waals surface area contributed by atoms with Crippen LogP contribution in [0.4, 0.5) is 0 Å². The van der Waals surface area contributed by atoms with Gasteiger partial charge in [-0.2, -0.15) is 0 Å². The van der Waals surface area contributed by atoms with Crippen LogP contribution in [0.25, 0.3) is 0 Å². The fraction of sp³-hybridized carbons (Fsp3) is 0.917. The molecule has 2 rings (SSSR count). The number of nitrogens with one attached hydrogen (secondary N) is 2. The molecule has 0 aromatic rings. The molecule has 2 N–H and O–H groups in total. The largest absolute Gasteiger partial charge is 0.383 e. The normalized spacial score (nSPS) is 20.1. The molecular formula is C12H22N2O2. The molecular weight excluding hydrogens is 204 g/mol. The monoisotopic (exact) mass is 226 g/mol. The zero-order valence-electron chi connectivity index (χ0n) is 10.00. The molecule has 4 heteroatoms. The van der Waals surface area contributed by atoms with E-state index >= 15 is 0 Å². The molecule has 0 spiro atoms. The maximum Gasteiger partial charge on any atom is 0.234 e. The first-order chi connectivity index (χ1) is 7.81. The summed E-state index contributed by atoms with van der Waals surface area (Å²) >= 11 is 0. The first kappa shape index (κ1) is 11.9. The molecule has 4 nitrogen and oxygen atoms in total. The topological polar surface area (TPSA) is 50.4 Å². The van der Waals surface area contributed by atoms with E-state index < -0.39 is 0 Å². The minimum atomic E-state index is 0.139. The average molecular weight is 226 g/mol. The van der Waals surface area contributed by atoms with Crippen LogP contribution in [-0.2, 0) is 9.53 Å². The highest BCUT2D eigenvalue weighted by molar-refractivity contribution is 5.78. The van der Waals surface area contributed by atoms with Gasteiger partial charge in [-0.15, -0.1) is 0 Å². The van der Waals surface area contributed by atoms with E-state index in [4.69, 9.17) is 4.74 Å².